The van der Waals surface area contributed by atoms with Crippen LogP contribution in [0, 0.1) is 5.41 Å². The van der Waals surface area contributed by atoms with Gasteiger partial charge in [-0.15, -0.1) is 0 Å². The van der Waals surface area contributed by atoms with E-state index in [-0.39, 0.29) is 12.5 Å². The lowest BCUT2D eigenvalue weighted by Gasteiger charge is -2.39. The fourth-order valence-electron chi connectivity index (χ4n) is 0.943. The smallest absolute Gasteiger partial charge is 0.310 e. The van der Waals surface area contributed by atoms with Gasteiger partial charge in [-0.3, -0.25) is 9.59 Å². The van der Waals surface area contributed by atoms with Crippen molar-refractivity contribution >= 4 is 11.9 Å². The molecule has 0 aromatic rings. The van der Waals surface area contributed by atoms with E-state index < -0.39 is 16.9 Å². The molecule has 1 amide bonds. The first-order valence-corrected chi connectivity index (χ1v) is 5.21. The first-order valence-electron chi connectivity index (χ1n) is 5.21. The molecule has 0 aromatic heterocycles. The normalized spacial score (nSPS) is 12.4. The van der Waals surface area contributed by atoms with Crippen LogP contribution in [0.3, 0.4) is 0 Å². The standard InChI is InChI=1S/C11H22N2O3/c1-10(2,9(15)16)11(3,4)12-7-8(14)13(5)6/h12H,7H2,1-6H3,(H,15,16). The fraction of sp³-hybridized carbons (Fsp3) is 0.818. The Morgan fingerprint density at radius 1 is 1.19 bits per heavy atom. The number of likely N-dealkylation sites (N-methyl/N-ethyl adjacent to an activating group) is 1. The molecule has 0 aliphatic carbocycles. The third-order valence-electron chi connectivity index (χ3n) is 3.28. The molecule has 0 spiro atoms. The monoisotopic (exact) mass is 230 g/mol. The van der Waals surface area contributed by atoms with Gasteiger partial charge in [0.25, 0.3) is 0 Å². The van der Waals surface area contributed by atoms with Crippen LogP contribution in [0.25, 0.3) is 0 Å². The highest BCUT2D eigenvalue weighted by Gasteiger charge is 2.43. The van der Waals surface area contributed by atoms with Crippen molar-refractivity contribution in [2.75, 3.05) is 20.6 Å². The zero-order valence-corrected chi connectivity index (χ0v) is 10.9. The van der Waals surface area contributed by atoms with E-state index in [1.54, 1.807) is 41.8 Å². The van der Waals surface area contributed by atoms with Gasteiger partial charge in [-0.25, -0.2) is 0 Å². The van der Waals surface area contributed by atoms with Crippen LogP contribution in [0.5, 0.6) is 0 Å². The van der Waals surface area contributed by atoms with Crippen LogP contribution in [-0.2, 0) is 9.59 Å². The lowest BCUT2D eigenvalue weighted by Crippen LogP contribution is -2.57. The molecule has 5 nitrogen and oxygen atoms in total. The molecule has 0 rings (SSSR count). The van der Waals surface area contributed by atoms with Crippen LogP contribution in [0.1, 0.15) is 27.7 Å². The predicted molar refractivity (Wildman–Crippen MR) is 62.2 cm³/mol. The Bertz CT molecular complexity index is 283. The van der Waals surface area contributed by atoms with Crippen LogP contribution in [0.2, 0.25) is 0 Å². The molecule has 0 unspecified atom stereocenters. The van der Waals surface area contributed by atoms with Gasteiger partial charge in [0.05, 0.1) is 12.0 Å². The van der Waals surface area contributed by atoms with Gasteiger partial charge in [0.15, 0.2) is 0 Å². The van der Waals surface area contributed by atoms with E-state index in [1.807, 2.05) is 0 Å². The van der Waals surface area contributed by atoms with E-state index in [9.17, 15) is 9.59 Å². The Balaban J connectivity index is 4.58. The van der Waals surface area contributed by atoms with Gasteiger partial charge in [-0.05, 0) is 27.7 Å². The number of nitrogens with zero attached hydrogens (tertiary/aromatic N) is 1. The molecule has 0 saturated carbocycles. The summed E-state index contributed by atoms with van der Waals surface area (Å²) < 4.78 is 0. The van der Waals surface area contributed by atoms with Crippen molar-refractivity contribution in [3.63, 3.8) is 0 Å². The second-order valence-corrected chi connectivity index (χ2v) is 5.20. The van der Waals surface area contributed by atoms with E-state index in [0.29, 0.717) is 0 Å². The summed E-state index contributed by atoms with van der Waals surface area (Å²) in [5.74, 6) is -0.962. The number of carboxylic acids is 1. The van der Waals surface area contributed by atoms with Crippen molar-refractivity contribution < 1.29 is 14.7 Å². The molecule has 0 fully saturated rings. The third-order valence-corrected chi connectivity index (χ3v) is 3.28. The van der Waals surface area contributed by atoms with Gasteiger partial charge in [0.2, 0.25) is 5.91 Å². The van der Waals surface area contributed by atoms with E-state index in [1.165, 1.54) is 4.90 Å². The molecule has 0 aliphatic heterocycles. The van der Waals surface area contributed by atoms with Gasteiger partial charge in [-0.2, -0.15) is 0 Å². The van der Waals surface area contributed by atoms with E-state index >= 15 is 0 Å². The van der Waals surface area contributed by atoms with Crippen LogP contribution >= 0.6 is 0 Å². The van der Waals surface area contributed by atoms with Crippen molar-refractivity contribution in [3.8, 4) is 0 Å². The molecule has 0 aliphatic rings. The van der Waals surface area contributed by atoms with Gasteiger partial charge in [0, 0.05) is 19.6 Å². The molecule has 0 atom stereocenters. The highest BCUT2D eigenvalue weighted by Crippen LogP contribution is 2.30. The largest absolute Gasteiger partial charge is 0.481 e. The van der Waals surface area contributed by atoms with Gasteiger partial charge < -0.3 is 15.3 Å². The minimum Gasteiger partial charge on any atom is -0.481 e. The molecular formula is C11H22N2O3. The van der Waals surface area contributed by atoms with Crippen LogP contribution in [0.15, 0.2) is 0 Å². The van der Waals surface area contributed by atoms with Crippen molar-refractivity contribution in [2.45, 2.75) is 33.2 Å². The number of amides is 1. The minimum absolute atomic E-state index is 0.0748. The molecule has 0 bridgehead atoms. The van der Waals surface area contributed by atoms with Crippen molar-refractivity contribution in [2.24, 2.45) is 5.41 Å². The second-order valence-electron chi connectivity index (χ2n) is 5.20. The molecule has 94 valence electrons. The Labute approximate surface area is 96.8 Å². The van der Waals surface area contributed by atoms with E-state index in [0.717, 1.165) is 0 Å². The summed E-state index contributed by atoms with van der Waals surface area (Å²) in [5.41, 5.74) is -1.61. The summed E-state index contributed by atoms with van der Waals surface area (Å²) in [4.78, 5) is 24.0. The van der Waals surface area contributed by atoms with Gasteiger partial charge >= 0.3 is 5.97 Å². The number of carbonyl (C=O) groups is 2. The van der Waals surface area contributed by atoms with Gasteiger partial charge in [0.1, 0.15) is 0 Å². The molecule has 0 radical (unpaired) electrons. The second kappa shape index (κ2) is 4.82. The van der Waals surface area contributed by atoms with Crippen molar-refractivity contribution in [1.82, 2.24) is 10.2 Å². The number of hydrogen-bond acceptors (Lipinski definition) is 3. The highest BCUT2D eigenvalue weighted by atomic mass is 16.4. The molecule has 0 aromatic carbocycles. The zero-order chi connectivity index (χ0) is 13.1. The molecule has 2 N–H and O–H groups in total. The Morgan fingerprint density at radius 3 is 1.94 bits per heavy atom. The predicted octanol–water partition coefficient (Wildman–Crippen LogP) is 0.554. The number of carboxylic acid groups (broad SMARTS) is 1. The summed E-state index contributed by atoms with van der Waals surface area (Å²) in [6.07, 6.45) is 0. The Morgan fingerprint density at radius 2 is 1.62 bits per heavy atom. The Kier molecular flexibility index (Phi) is 4.49. The topological polar surface area (TPSA) is 69.6 Å². The number of nitrogens with one attached hydrogen (secondary N) is 1. The molecule has 5 heteroatoms. The van der Waals surface area contributed by atoms with Crippen LogP contribution in [0.4, 0.5) is 0 Å². The quantitative estimate of drug-likeness (QED) is 0.724. The number of aliphatic carboxylic acids is 1. The van der Waals surface area contributed by atoms with Crippen LogP contribution in [-0.4, -0.2) is 48.1 Å². The number of hydrogen-bond donors (Lipinski definition) is 2. The number of carbonyl (C=O) groups excluding carboxylic acids is 1. The van der Waals surface area contributed by atoms with Crippen LogP contribution < -0.4 is 5.32 Å². The lowest BCUT2D eigenvalue weighted by molar-refractivity contribution is -0.151. The zero-order valence-electron chi connectivity index (χ0n) is 10.9. The summed E-state index contributed by atoms with van der Waals surface area (Å²) >= 11 is 0. The van der Waals surface area contributed by atoms with Gasteiger partial charge in [-0.1, -0.05) is 0 Å². The Hall–Kier alpha value is -1.10. The average molecular weight is 230 g/mol. The minimum atomic E-state index is -0.945. The SMILES string of the molecule is CN(C)C(=O)CNC(C)(C)C(C)(C)C(=O)O. The molecule has 0 saturated heterocycles. The first-order chi connectivity index (χ1) is 7.02. The highest BCUT2D eigenvalue weighted by molar-refractivity contribution is 5.78. The maximum Gasteiger partial charge on any atom is 0.310 e. The molecular weight excluding hydrogens is 208 g/mol. The van der Waals surface area contributed by atoms with Crippen molar-refractivity contribution in [1.29, 1.82) is 0 Å². The fourth-order valence-corrected chi connectivity index (χ4v) is 0.943. The maximum absolute atomic E-state index is 11.4. The lowest BCUT2D eigenvalue weighted by atomic mass is 9.74. The molecule has 16 heavy (non-hydrogen) atoms. The molecule has 0 heterocycles. The van der Waals surface area contributed by atoms with E-state index in [2.05, 4.69) is 5.32 Å². The van der Waals surface area contributed by atoms with E-state index in [4.69, 9.17) is 5.11 Å². The summed E-state index contributed by atoms with van der Waals surface area (Å²) in [5, 5.41) is 12.1. The summed E-state index contributed by atoms with van der Waals surface area (Å²) in [6.45, 7) is 6.98. The first kappa shape index (κ1) is 14.9. The summed E-state index contributed by atoms with van der Waals surface area (Å²) in [6, 6.07) is 0. The third kappa shape index (κ3) is 3.20. The summed E-state index contributed by atoms with van der Waals surface area (Å²) in [7, 11) is 3.33. The number of rotatable bonds is 5. The maximum atomic E-state index is 11.4. The average Bonchev–Trinajstić information content (AvgIpc) is 2.13. The van der Waals surface area contributed by atoms with Crippen molar-refractivity contribution in [3.05, 3.63) is 0 Å².